The Morgan fingerprint density at radius 2 is 1.78 bits per heavy atom. The van der Waals surface area contributed by atoms with E-state index in [0.717, 1.165) is 24.3 Å². The van der Waals surface area contributed by atoms with Crippen molar-refractivity contribution in [3.8, 4) is 0 Å². The van der Waals surface area contributed by atoms with E-state index in [1.54, 1.807) is 6.07 Å². The van der Waals surface area contributed by atoms with Gasteiger partial charge in [-0.05, 0) is 48.0 Å². The second-order valence-electron chi connectivity index (χ2n) is 8.75. The topological polar surface area (TPSA) is 85.9 Å². The quantitative estimate of drug-likeness (QED) is 0.508. The molecule has 0 radical (unpaired) electrons. The maximum Gasteiger partial charge on any atom is 0.319 e. The number of ether oxygens (including phenoxy) is 1. The van der Waals surface area contributed by atoms with Crippen LogP contribution in [-0.4, -0.2) is 50.8 Å². The number of benzene rings is 3. The highest BCUT2D eigenvalue weighted by atomic mass is 19.1. The van der Waals surface area contributed by atoms with Gasteiger partial charge in [-0.3, -0.25) is 4.79 Å². The number of nitrogens with zero attached hydrogens (tertiary/aromatic N) is 2. The summed E-state index contributed by atoms with van der Waals surface area (Å²) in [6.45, 7) is 3.48. The first kappa shape index (κ1) is 23.6. The molecule has 2 aliphatic heterocycles. The molecule has 0 saturated carbocycles. The Hall–Kier alpha value is -4.11. The number of carbonyl (C=O) groups is 2. The molecule has 0 aliphatic carbocycles. The largest absolute Gasteiger partial charge is 0.381 e. The van der Waals surface area contributed by atoms with Crippen molar-refractivity contribution in [3.05, 3.63) is 84.2 Å². The maximum absolute atomic E-state index is 14.1. The molecule has 186 valence electrons. The summed E-state index contributed by atoms with van der Waals surface area (Å²) >= 11 is 0. The first-order valence-electron chi connectivity index (χ1n) is 12.0. The van der Waals surface area contributed by atoms with Crippen LogP contribution in [0.2, 0.25) is 0 Å². The van der Waals surface area contributed by atoms with Gasteiger partial charge in [0.05, 0.1) is 31.1 Å². The number of nitrogens with one attached hydrogen (secondary N) is 3. The van der Waals surface area contributed by atoms with Crippen molar-refractivity contribution in [2.24, 2.45) is 0 Å². The van der Waals surface area contributed by atoms with Crippen molar-refractivity contribution in [2.45, 2.75) is 12.6 Å². The van der Waals surface area contributed by atoms with E-state index in [1.165, 1.54) is 17.0 Å². The zero-order valence-electron chi connectivity index (χ0n) is 19.7. The molecule has 1 atom stereocenters. The van der Waals surface area contributed by atoms with Crippen LogP contribution in [0.3, 0.4) is 0 Å². The van der Waals surface area contributed by atoms with Gasteiger partial charge in [-0.1, -0.05) is 30.3 Å². The van der Waals surface area contributed by atoms with Gasteiger partial charge in [0.15, 0.2) is 0 Å². The third-order valence-corrected chi connectivity index (χ3v) is 6.30. The van der Waals surface area contributed by atoms with Crippen molar-refractivity contribution in [1.82, 2.24) is 5.32 Å². The average Bonchev–Trinajstić information content (AvgIpc) is 3.02. The fraction of sp³-hybridized carbons (Fsp3) is 0.259. The SMILES string of the molecule is O=C(Nc1ccc(N2CCOCC2)cc1)N[C@H]1CNc2ccc(F)cc2N(Cc2ccccc2)C1=O. The van der Waals surface area contributed by atoms with Gasteiger partial charge in [-0.15, -0.1) is 0 Å². The molecule has 3 amide bonds. The first-order chi connectivity index (χ1) is 17.6. The lowest BCUT2D eigenvalue weighted by Crippen LogP contribution is -2.51. The molecule has 3 N–H and O–H groups in total. The van der Waals surface area contributed by atoms with E-state index in [-0.39, 0.29) is 19.0 Å². The zero-order valence-corrected chi connectivity index (χ0v) is 19.7. The fourth-order valence-electron chi connectivity index (χ4n) is 4.43. The van der Waals surface area contributed by atoms with E-state index in [1.807, 2.05) is 54.6 Å². The van der Waals surface area contributed by atoms with Crippen molar-refractivity contribution >= 4 is 34.7 Å². The molecule has 2 aliphatic rings. The predicted molar refractivity (Wildman–Crippen MR) is 138 cm³/mol. The van der Waals surface area contributed by atoms with E-state index < -0.39 is 17.9 Å². The number of anilines is 4. The lowest BCUT2D eigenvalue weighted by molar-refractivity contribution is -0.120. The predicted octanol–water partition coefficient (Wildman–Crippen LogP) is 3.81. The van der Waals surface area contributed by atoms with Crippen LogP contribution in [0.1, 0.15) is 5.56 Å². The smallest absolute Gasteiger partial charge is 0.319 e. The molecule has 0 bridgehead atoms. The second-order valence-corrected chi connectivity index (χ2v) is 8.75. The van der Waals surface area contributed by atoms with Gasteiger partial charge >= 0.3 is 6.03 Å². The van der Waals surface area contributed by atoms with E-state index >= 15 is 0 Å². The molecule has 2 heterocycles. The molecule has 9 heteroatoms. The van der Waals surface area contributed by atoms with Crippen LogP contribution in [0, 0.1) is 5.82 Å². The van der Waals surface area contributed by atoms with Gasteiger partial charge in [-0.2, -0.15) is 0 Å². The van der Waals surface area contributed by atoms with Crippen molar-refractivity contribution in [3.63, 3.8) is 0 Å². The van der Waals surface area contributed by atoms with Crippen molar-refractivity contribution < 1.29 is 18.7 Å². The third kappa shape index (κ3) is 5.41. The summed E-state index contributed by atoms with van der Waals surface area (Å²) < 4.78 is 19.5. The number of rotatable bonds is 5. The Balaban J connectivity index is 1.29. The lowest BCUT2D eigenvalue weighted by Gasteiger charge is -2.29. The summed E-state index contributed by atoms with van der Waals surface area (Å²) in [5.74, 6) is -0.764. The van der Waals surface area contributed by atoms with Gasteiger partial charge < -0.3 is 30.5 Å². The Kier molecular flexibility index (Phi) is 6.99. The van der Waals surface area contributed by atoms with Gasteiger partial charge in [0, 0.05) is 31.0 Å². The number of morpholine rings is 1. The first-order valence-corrected chi connectivity index (χ1v) is 12.0. The minimum atomic E-state index is -0.850. The minimum absolute atomic E-state index is 0.173. The van der Waals surface area contributed by atoms with Gasteiger partial charge in [0.2, 0.25) is 0 Å². The molecule has 5 rings (SSSR count). The normalized spacial score (nSPS) is 17.6. The highest BCUT2D eigenvalue weighted by molar-refractivity contribution is 6.04. The van der Waals surface area contributed by atoms with Gasteiger partial charge in [0.25, 0.3) is 5.91 Å². The number of amides is 3. The third-order valence-electron chi connectivity index (χ3n) is 6.30. The Morgan fingerprint density at radius 1 is 1.03 bits per heavy atom. The number of urea groups is 1. The van der Waals surface area contributed by atoms with Crippen molar-refractivity contribution in [1.29, 1.82) is 0 Å². The van der Waals surface area contributed by atoms with Crippen LogP contribution in [-0.2, 0) is 16.1 Å². The lowest BCUT2D eigenvalue weighted by atomic mass is 10.1. The molecule has 0 spiro atoms. The molecule has 3 aromatic carbocycles. The minimum Gasteiger partial charge on any atom is -0.381 e. The van der Waals surface area contributed by atoms with Gasteiger partial charge in [-0.25, -0.2) is 9.18 Å². The van der Waals surface area contributed by atoms with Crippen molar-refractivity contribution in [2.75, 3.05) is 53.3 Å². The summed E-state index contributed by atoms with van der Waals surface area (Å²) in [7, 11) is 0. The maximum atomic E-state index is 14.1. The van der Waals surface area contributed by atoms with E-state index in [0.29, 0.717) is 30.3 Å². The molecule has 8 nitrogen and oxygen atoms in total. The molecular formula is C27H28FN5O3. The summed E-state index contributed by atoms with van der Waals surface area (Å²) in [4.78, 5) is 30.1. The van der Waals surface area contributed by atoms with Crippen LogP contribution < -0.4 is 25.8 Å². The Bertz CT molecular complexity index is 1220. The van der Waals surface area contributed by atoms with Crippen LogP contribution >= 0.6 is 0 Å². The zero-order chi connectivity index (χ0) is 24.9. The van der Waals surface area contributed by atoms with E-state index in [4.69, 9.17) is 4.74 Å². The number of carbonyl (C=O) groups excluding carboxylic acids is 2. The van der Waals surface area contributed by atoms with Crippen LogP contribution in [0.5, 0.6) is 0 Å². The number of hydrogen-bond acceptors (Lipinski definition) is 5. The highest BCUT2D eigenvalue weighted by Crippen LogP contribution is 2.31. The van der Waals surface area contributed by atoms with E-state index in [9.17, 15) is 14.0 Å². The molecule has 0 aromatic heterocycles. The Morgan fingerprint density at radius 3 is 2.53 bits per heavy atom. The second kappa shape index (κ2) is 10.7. The number of halogens is 1. The summed E-state index contributed by atoms with van der Waals surface area (Å²) in [5, 5.41) is 8.75. The molecule has 1 saturated heterocycles. The molecule has 1 fully saturated rings. The molecule has 36 heavy (non-hydrogen) atoms. The molecule has 3 aromatic rings. The monoisotopic (exact) mass is 489 g/mol. The highest BCUT2D eigenvalue weighted by Gasteiger charge is 2.32. The average molecular weight is 490 g/mol. The number of fused-ring (bicyclic) bond motifs is 1. The summed E-state index contributed by atoms with van der Waals surface area (Å²) in [5.41, 5.74) is 3.64. The Labute approximate surface area is 209 Å². The fourth-order valence-corrected chi connectivity index (χ4v) is 4.43. The molecular weight excluding hydrogens is 461 g/mol. The number of hydrogen-bond donors (Lipinski definition) is 3. The standard InChI is InChI=1S/C27H28FN5O3/c28-20-6-11-23-25(16-20)33(18-19-4-2-1-3-5-19)26(34)24(17-29-23)31-27(35)30-21-7-9-22(10-8-21)32-12-14-36-15-13-32/h1-11,16,24,29H,12-15,17-18H2,(H2,30,31,35)/t24-/m0/s1. The van der Waals surface area contributed by atoms with Crippen LogP contribution in [0.15, 0.2) is 72.8 Å². The van der Waals surface area contributed by atoms with Gasteiger partial charge in [0.1, 0.15) is 11.9 Å². The van der Waals surface area contributed by atoms with Crippen LogP contribution in [0.4, 0.5) is 31.9 Å². The van der Waals surface area contributed by atoms with Crippen LogP contribution in [0.25, 0.3) is 0 Å². The molecule has 0 unspecified atom stereocenters. The summed E-state index contributed by atoms with van der Waals surface area (Å²) in [6.07, 6.45) is 0. The van der Waals surface area contributed by atoms with E-state index in [2.05, 4.69) is 20.9 Å². The summed E-state index contributed by atoms with van der Waals surface area (Å²) in [6, 6.07) is 20.0.